The molecule has 3 aliphatic heterocycles. The second kappa shape index (κ2) is 5.68. The zero-order valence-electron chi connectivity index (χ0n) is 14.6. The van der Waals surface area contributed by atoms with Gasteiger partial charge in [0.05, 0.1) is 5.92 Å². The maximum Gasteiger partial charge on any atom is 0.234 e. The van der Waals surface area contributed by atoms with Crippen LogP contribution in [0.15, 0.2) is 35.0 Å². The summed E-state index contributed by atoms with van der Waals surface area (Å²) in [5.74, 6) is 2.11. The maximum absolute atomic E-state index is 5.78. The maximum atomic E-state index is 5.78. The number of aromatic nitrogens is 3. The van der Waals surface area contributed by atoms with Crippen molar-refractivity contribution in [3.05, 3.63) is 36.4 Å². The summed E-state index contributed by atoms with van der Waals surface area (Å²) in [6, 6.07) is 8.30. The lowest BCUT2D eigenvalue weighted by Gasteiger charge is -2.48. The molecule has 1 aromatic carbocycles. The van der Waals surface area contributed by atoms with Gasteiger partial charge in [-0.15, -0.1) is 0 Å². The summed E-state index contributed by atoms with van der Waals surface area (Å²) < 4.78 is 13.6. The van der Waals surface area contributed by atoms with Crippen LogP contribution in [0.5, 0.6) is 0 Å². The number of aryl methyl sites for hydroxylation is 1. The summed E-state index contributed by atoms with van der Waals surface area (Å²) in [7, 11) is 3.82. The predicted octanol–water partition coefficient (Wildman–Crippen LogP) is 3.01. The molecule has 3 saturated heterocycles. The Bertz CT molecular complexity index is 907. The number of methoxy groups -OCH3 is 1. The van der Waals surface area contributed by atoms with Crippen LogP contribution >= 0.6 is 0 Å². The highest BCUT2D eigenvalue weighted by atomic mass is 16.5. The fourth-order valence-corrected chi connectivity index (χ4v) is 4.61. The number of piperidine rings is 3. The molecule has 5 heterocycles. The third-order valence-electron chi connectivity index (χ3n) is 5.86. The standard InChI is InChI=1S/C19H22N4O2/c1-22-11-14(13-5-3-4-6-15(13)22)17-20-18(25-21-17)16-12-7-9-23(10-8-12)19(16)24-2/h3-6,11-12,16,19H,7-10H2,1-2H3. The molecule has 0 amide bonds. The number of ether oxygens (including phenoxy) is 1. The fraction of sp³-hybridized carbons (Fsp3) is 0.474. The van der Waals surface area contributed by atoms with Crippen LogP contribution < -0.4 is 0 Å². The summed E-state index contributed by atoms with van der Waals surface area (Å²) >= 11 is 0. The van der Waals surface area contributed by atoms with Gasteiger partial charge in [-0.1, -0.05) is 23.4 Å². The first-order valence-electron chi connectivity index (χ1n) is 8.91. The number of benzene rings is 1. The Morgan fingerprint density at radius 2 is 2.00 bits per heavy atom. The Hall–Kier alpha value is -2.18. The fourth-order valence-electron chi connectivity index (χ4n) is 4.61. The molecule has 3 fully saturated rings. The molecule has 2 unspecified atom stereocenters. The first-order chi connectivity index (χ1) is 12.3. The van der Waals surface area contributed by atoms with Gasteiger partial charge in [-0.25, -0.2) is 0 Å². The van der Waals surface area contributed by atoms with E-state index in [0.29, 0.717) is 17.6 Å². The summed E-state index contributed by atoms with van der Waals surface area (Å²) in [5, 5.41) is 5.45. The molecule has 0 N–H and O–H groups in total. The van der Waals surface area contributed by atoms with E-state index in [1.165, 1.54) is 18.4 Å². The van der Waals surface area contributed by atoms with Gasteiger partial charge in [-0.2, -0.15) is 4.98 Å². The van der Waals surface area contributed by atoms with Gasteiger partial charge in [0.15, 0.2) is 0 Å². The van der Waals surface area contributed by atoms with E-state index in [-0.39, 0.29) is 12.1 Å². The normalized spacial score (nSPS) is 28.7. The second-order valence-corrected chi connectivity index (χ2v) is 7.15. The van der Waals surface area contributed by atoms with Crippen LogP contribution in [-0.2, 0) is 11.8 Å². The summed E-state index contributed by atoms with van der Waals surface area (Å²) in [5.41, 5.74) is 2.18. The van der Waals surface area contributed by atoms with E-state index in [4.69, 9.17) is 14.2 Å². The van der Waals surface area contributed by atoms with Gasteiger partial charge in [0, 0.05) is 49.9 Å². The zero-order valence-corrected chi connectivity index (χ0v) is 14.6. The summed E-state index contributed by atoms with van der Waals surface area (Å²) in [6.45, 7) is 2.20. The molecule has 2 aromatic heterocycles. The molecule has 2 bridgehead atoms. The number of hydrogen-bond donors (Lipinski definition) is 0. The first-order valence-corrected chi connectivity index (χ1v) is 8.91. The molecule has 3 aliphatic rings. The van der Waals surface area contributed by atoms with E-state index < -0.39 is 0 Å². The quantitative estimate of drug-likeness (QED) is 0.735. The molecular formula is C19H22N4O2. The van der Waals surface area contributed by atoms with Crippen molar-refractivity contribution in [2.24, 2.45) is 13.0 Å². The lowest BCUT2D eigenvalue weighted by atomic mass is 9.77. The number of fused-ring (bicyclic) bond motifs is 4. The smallest absolute Gasteiger partial charge is 0.234 e. The monoisotopic (exact) mass is 338 g/mol. The summed E-state index contributed by atoms with van der Waals surface area (Å²) in [4.78, 5) is 7.18. The van der Waals surface area contributed by atoms with Gasteiger partial charge >= 0.3 is 0 Å². The number of nitrogens with zero attached hydrogens (tertiary/aromatic N) is 4. The van der Waals surface area contributed by atoms with Crippen LogP contribution in [0.1, 0.15) is 24.7 Å². The molecule has 130 valence electrons. The Morgan fingerprint density at radius 1 is 1.20 bits per heavy atom. The van der Waals surface area contributed by atoms with Crippen LogP contribution in [0.25, 0.3) is 22.3 Å². The van der Waals surface area contributed by atoms with Crippen molar-refractivity contribution < 1.29 is 9.26 Å². The van der Waals surface area contributed by atoms with E-state index >= 15 is 0 Å². The van der Waals surface area contributed by atoms with Gasteiger partial charge in [0.1, 0.15) is 6.23 Å². The molecule has 2 atom stereocenters. The number of hydrogen-bond acceptors (Lipinski definition) is 5. The van der Waals surface area contributed by atoms with Gasteiger partial charge in [0.2, 0.25) is 11.7 Å². The summed E-state index contributed by atoms with van der Waals surface area (Å²) in [6.07, 6.45) is 4.48. The van der Waals surface area contributed by atoms with Crippen molar-refractivity contribution in [2.45, 2.75) is 25.0 Å². The minimum atomic E-state index is 0.0494. The highest BCUT2D eigenvalue weighted by Crippen LogP contribution is 2.43. The van der Waals surface area contributed by atoms with Gasteiger partial charge in [0.25, 0.3) is 0 Å². The minimum Gasteiger partial charge on any atom is -0.366 e. The number of para-hydroxylation sites is 1. The molecule has 0 spiro atoms. The number of rotatable bonds is 3. The Kier molecular flexibility index (Phi) is 3.43. The van der Waals surface area contributed by atoms with Crippen LogP contribution in [-0.4, -0.2) is 46.0 Å². The van der Waals surface area contributed by atoms with Crippen molar-refractivity contribution >= 4 is 10.9 Å². The largest absolute Gasteiger partial charge is 0.366 e. The van der Waals surface area contributed by atoms with Crippen molar-refractivity contribution in [1.29, 1.82) is 0 Å². The van der Waals surface area contributed by atoms with Crippen molar-refractivity contribution in [3.8, 4) is 11.4 Å². The Morgan fingerprint density at radius 3 is 2.80 bits per heavy atom. The van der Waals surface area contributed by atoms with Gasteiger partial charge in [-0.05, 0) is 24.8 Å². The van der Waals surface area contributed by atoms with E-state index in [1.54, 1.807) is 7.11 Å². The highest BCUT2D eigenvalue weighted by molar-refractivity contribution is 5.94. The van der Waals surface area contributed by atoms with Crippen molar-refractivity contribution in [3.63, 3.8) is 0 Å². The molecule has 6 heteroatoms. The molecular weight excluding hydrogens is 316 g/mol. The zero-order chi connectivity index (χ0) is 17.0. The average molecular weight is 338 g/mol. The van der Waals surface area contributed by atoms with Crippen LogP contribution in [0.4, 0.5) is 0 Å². The third-order valence-corrected chi connectivity index (χ3v) is 5.86. The Labute approximate surface area is 146 Å². The van der Waals surface area contributed by atoms with E-state index in [0.717, 1.165) is 24.0 Å². The molecule has 0 saturated carbocycles. The van der Waals surface area contributed by atoms with Crippen LogP contribution in [0.3, 0.4) is 0 Å². The van der Waals surface area contributed by atoms with E-state index in [2.05, 4.69) is 33.0 Å². The molecule has 6 nitrogen and oxygen atoms in total. The first kappa shape index (κ1) is 15.1. The van der Waals surface area contributed by atoms with E-state index in [9.17, 15) is 0 Å². The van der Waals surface area contributed by atoms with Gasteiger partial charge in [-0.3, -0.25) is 4.90 Å². The van der Waals surface area contributed by atoms with Crippen LogP contribution in [0.2, 0.25) is 0 Å². The topological polar surface area (TPSA) is 56.3 Å². The van der Waals surface area contributed by atoms with Crippen LogP contribution in [0, 0.1) is 5.92 Å². The minimum absolute atomic E-state index is 0.0494. The lowest BCUT2D eigenvalue weighted by molar-refractivity contribution is -0.124. The van der Waals surface area contributed by atoms with E-state index in [1.807, 2.05) is 19.2 Å². The van der Waals surface area contributed by atoms with Crippen molar-refractivity contribution in [1.82, 2.24) is 19.6 Å². The third kappa shape index (κ3) is 2.24. The lowest BCUT2D eigenvalue weighted by Crippen LogP contribution is -2.54. The average Bonchev–Trinajstić information content (AvgIpc) is 3.27. The molecule has 0 radical (unpaired) electrons. The SMILES string of the molecule is COC1C(c2nc(-c3cn(C)c4ccccc34)no2)C2CCN1CC2. The molecule has 0 aliphatic carbocycles. The second-order valence-electron chi connectivity index (χ2n) is 7.15. The highest BCUT2D eigenvalue weighted by Gasteiger charge is 2.46. The van der Waals surface area contributed by atoms with Gasteiger partial charge < -0.3 is 13.8 Å². The Balaban J connectivity index is 1.55. The molecule has 3 aromatic rings. The molecule has 6 rings (SSSR count). The van der Waals surface area contributed by atoms with Crippen molar-refractivity contribution in [2.75, 3.05) is 20.2 Å². The molecule has 25 heavy (non-hydrogen) atoms. The predicted molar refractivity (Wildman–Crippen MR) is 94.0 cm³/mol.